The molecule has 1 saturated carbocycles. The number of carboxylic acid groups (broad SMARTS) is 1. The first-order chi connectivity index (χ1) is 8.16. The first kappa shape index (κ1) is 12.8. The molecular weight excluding hydrogens is 218 g/mol. The molecule has 0 aromatic heterocycles. The molecule has 2 rings (SSSR count). The first-order valence-corrected chi connectivity index (χ1v) is 6.80. The Morgan fingerprint density at radius 1 is 1.12 bits per heavy atom. The average Bonchev–Trinajstić information content (AvgIpc) is 2.30. The van der Waals surface area contributed by atoms with Gasteiger partial charge in [-0.1, -0.05) is 12.8 Å². The Labute approximate surface area is 103 Å². The highest BCUT2D eigenvalue weighted by atomic mass is 16.4. The van der Waals surface area contributed by atoms with Crippen molar-refractivity contribution in [3.05, 3.63) is 0 Å². The summed E-state index contributed by atoms with van der Waals surface area (Å²) >= 11 is 0. The second kappa shape index (κ2) is 5.83. The van der Waals surface area contributed by atoms with E-state index in [0.29, 0.717) is 18.4 Å². The molecule has 0 aromatic rings. The number of carbonyl (C=O) groups is 1. The molecule has 2 aliphatic rings. The fourth-order valence-electron chi connectivity index (χ4n) is 3.25. The molecule has 2 N–H and O–H groups in total. The van der Waals surface area contributed by atoms with E-state index in [0.717, 1.165) is 45.2 Å². The standard InChI is InChI=1S/C13H23NO3/c15-12-4-2-1-3-11(12)14-7-5-10(6-8-14)9-13(16)17/h10-12,15H,1-9H2,(H,16,17). The third-order valence-electron chi connectivity index (χ3n) is 4.28. The summed E-state index contributed by atoms with van der Waals surface area (Å²) in [5.74, 6) is -0.342. The van der Waals surface area contributed by atoms with E-state index in [1.54, 1.807) is 0 Å². The maximum Gasteiger partial charge on any atom is 0.303 e. The zero-order valence-electron chi connectivity index (χ0n) is 10.3. The first-order valence-electron chi connectivity index (χ1n) is 6.80. The van der Waals surface area contributed by atoms with E-state index in [4.69, 9.17) is 5.11 Å². The number of carboxylic acids is 1. The molecule has 0 bridgehead atoms. The lowest BCUT2D eigenvalue weighted by atomic mass is 9.87. The molecular formula is C13H23NO3. The largest absolute Gasteiger partial charge is 0.481 e. The Morgan fingerprint density at radius 3 is 2.35 bits per heavy atom. The van der Waals surface area contributed by atoms with E-state index in [2.05, 4.69) is 4.90 Å². The van der Waals surface area contributed by atoms with Gasteiger partial charge in [-0.05, 0) is 44.7 Å². The van der Waals surface area contributed by atoms with Crippen molar-refractivity contribution in [3.8, 4) is 0 Å². The Hall–Kier alpha value is -0.610. The van der Waals surface area contributed by atoms with Crippen LogP contribution in [-0.4, -0.2) is 46.3 Å². The van der Waals surface area contributed by atoms with Crippen LogP contribution in [0.25, 0.3) is 0 Å². The Kier molecular flexibility index (Phi) is 4.40. The number of hydrogen-bond acceptors (Lipinski definition) is 3. The summed E-state index contributed by atoms with van der Waals surface area (Å²) < 4.78 is 0. The van der Waals surface area contributed by atoms with Crippen LogP contribution in [0.3, 0.4) is 0 Å². The smallest absolute Gasteiger partial charge is 0.303 e. The number of aliphatic hydroxyl groups excluding tert-OH is 1. The van der Waals surface area contributed by atoms with Crippen LogP contribution in [-0.2, 0) is 4.79 Å². The van der Waals surface area contributed by atoms with Crippen LogP contribution < -0.4 is 0 Å². The molecule has 2 fully saturated rings. The van der Waals surface area contributed by atoms with Gasteiger partial charge in [0, 0.05) is 12.5 Å². The molecule has 17 heavy (non-hydrogen) atoms. The fraction of sp³-hybridized carbons (Fsp3) is 0.923. The van der Waals surface area contributed by atoms with Crippen molar-refractivity contribution in [1.29, 1.82) is 0 Å². The number of hydrogen-bond donors (Lipinski definition) is 2. The summed E-state index contributed by atoms with van der Waals surface area (Å²) in [6, 6.07) is 0.328. The molecule has 98 valence electrons. The van der Waals surface area contributed by atoms with Crippen LogP contribution in [0.4, 0.5) is 0 Å². The number of aliphatic hydroxyl groups is 1. The third-order valence-corrected chi connectivity index (χ3v) is 4.28. The average molecular weight is 241 g/mol. The summed E-state index contributed by atoms with van der Waals surface area (Å²) in [5, 5.41) is 18.8. The van der Waals surface area contributed by atoms with E-state index < -0.39 is 5.97 Å². The van der Waals surface area contributed by atoms with Crippen LogP contribution in [0.2, 0.25) is 0 Å². The molecule has 4 nitrogen and oxygen atoms in total. The maximum absolute atomic E-state index is 10.6. The van der Waals surface area contributed by atoms with Crippen LogP contribution in [0.1, 0.15) is 44.9 Å². The third kappa shape index (κ3) is 3.42. The summed E-state index contributed by atoms with van der Waals surface area (Å²) in [6.07, 6.45) is 6.47. The lowest BCUT2D eigenvalue weighted by Gasteiger charge is -2.41. The van der Waals surface area contributed by atoms with E-state index in [1.807, 2.05) is 0 Å². The van der Waals surface area contributed by atoms with Crippen molar-refractivity contribution in [1.82, 2.24) is 4.90 Å². The van der Waals surface area contributed by atoms with Crippen molar-refractivity contribution < 1.29 is 15.0 Å². The molecule has 1 aliphatic heterocycles. The van der Waals surface area contributed by atoms with Crippen LogP contribution in [0, 0.1) is 5.92 Å². The molecule has 1 heterocycles. The van der Waals surface area contributed by atoms with Gasteiger partial charge in [-0.25, -0.2) is 0 Å². The summed E-state index contributed by atoms with van der Waals surface area (Å²) in [5.41, 5.74) is 0. The topological polar surface area (TPSA) is 60.8 Å². The van der Waals surface area contributed by atoms with Gasteiger partial charge in [-0.2, -0.15) is 0 Å². The summed E-state index contributed by atoms with van der Waals surface area (Å²) in [6.45, 7) is 1.92. The highest BCUT2D eigenvalue weighted by Gasteiger charge is 2.31. The lowest BCUT2D eigenvalue weighted by Crippen LogP contribution is -2.48. The van der Waals surface area contributed by atoms with Crippen molar-refractivity contribution in [2.24, 2.45) is 5.92 Å². The predicted octanol–water partition coefficient (Wildman–Crippen LogP) is 1.48. The van der Waals surface area contributed by atoms with Crippen molar-refractivity contribution in [2.75, 3.05) is 13.1 Å². The minimum atomic E-state index is -0.679. The highest BCUT2D eigenvalue weighted by molar-refractivity contribution is 5.67. The summed E-state index contributed by atoms with van der Waals surface area (Å²) in [4.78, 5) is 13.0. The number of aliphatic carboxylic acids is 1. The minimum Gasteiger partial charge on any atom is -0.481 e. The molecule has 0 radical (unpaired) electrons. The van der Waals surface area contributed by atoms with Crippen molar-refractivity contribution in [2.45, 2.75) is 57.1 Å². The molecule has 0 amide bonds. The molecule has 1 aliphatic carbocycles. The van der Waals surface area contributed by atoms with Crippen molar-refractivity contribution >= 4 is 5.97 Å². The maximum atomic E-state index is 10.6. The normalized spacial score (nSPS) is 32.5. The van der Waals surface area contributed by atoms with Gasteiger partial charge in [-0.3, -0.25) is 9.69 Å². The van der Waals surface area contributed by atoms with Crippen LogP contribution >= 0.6 is 0 Å². The van der Waals surface area contributed by atoms with Gasteiger partial charge in [0.15, 0.2) is 0 Å². The highest BCUT2D eigenvalue weighted by Crippen LogP contribution is 2.28. The SMILES string of the molecule is O=C(O)CC1CCN(C2CCCCC2O)CC1. The molecule has 4 heteroatoms. The Bertz CT molecular complexity index is 261. The fourth-order valence-corrected chi connectivity index (χ4v) is 3.25. The number of likely N-dealkylation sites (tertiary alicyclic amines) is 1. The van der Waals surface area contributed by atoms with Gasteiger partial charge >= 0.3 is 5.97 Å². The van der Waals surface area contributed by atoms with Gasteiger partial charge < -0.3 is 10.2 Å². The van der Waals surface area contributed by atoms with Gasteiger partial charge in [-0.15, -0.1) is 0 Å². The van der Waals surface area contributed by atoms with Gasteiger partial charge in [0.25, 0.3) is 0 Å². The Morgan fingerprint density at radius 2 is 1.76 bits per heavy atom. The number of nitrogens with zero attached hydrogens (tertiary/aromatic N) is 1. The monoisotopic (exact) mass is 241 g/mol. The van der Waals surface area contributed by atoms with Crippen LogP contribution in [0.15, 0.2) is 0 Å². The quantitative estimate of drug-likeness (QED) is 0.785. The van der Waals surface area contributed by atoms with E-state index in [1.165, 1.54) is 6.42 Å². The lowest BCUT2D eigenvalue weighted by molar-refractivity contribution is -0.138. The molecule has 0 aromatic carbocycles. The zero-order valence-corrected chi connectivity index (χ0v) is 10.3. The summed E-state index contributed by atoms with van der Waals surface area (Å²) in [7, 11) is 0. The van der Waals surface area contributed by atoms with Gasteiger partial charge in [0.2, 0.25) is 0 Å². The second-order valence-electron chi connectivity index (χ2n) is 5.50. The van der Waals surface area contributed by atoms with Crippen LogP contribution in [0.5, 0.6) is 0 Å². The molecule has 1 saturated heterocycles. The Balaban J connectivity index is 1.79. The number of piperidine rings is 1. The molecule has 0 spiro atoms. The minimum absolute atomic E-state index is 0.167. The van der Waals surface area contributed by atoms with Crippen molar-refractivity contribution in [3.63, 3.8) is 0 Å². The predicted molar refractivity (Wildman–Crippen MR) is 64.8 cm³/mol. The van der Waals surface area contributed by atoms with E-state index in [-0.39, 0.29) is 6.10 Å². The van der Waals surface area contributed by atoms with E-state index in [9.17, 15) is 9.90 Å². The van der Waals surface area contributed by atoms with Gasteiger partial charge in [0.1, 0.15) is 0 Å². The van der Waals surface area contributed by atoms with E-state index >= 15 is 0 Å². The molecule has 2 unspecified atom stereocenters. The molecule has 2 atom stereocenters. The van der Waals surface area contributed by atoms with Gasteiger partial charge in [0.05, 0.1) is 6.10 Å². The second-order valence-corrected chi connectivity index (χ2v) is 5.50. The zero-order chi connectivity index (χ0) is 12.3. The number of rotatable bonds is 3.